The fraction of sp³-hybridized carbons (Fsp3) is 0.455. The Kier molecular flexibility index (Phi) is 4.35. The summed E-state index contributed by atoms with van der Waals surface area (Å²) in [6, 6.07) is 0.621. The summed E-state index contributed by atoms with van der Waals surface area (Å²) < 4.78 is 71.4. The third kappa shape index (κ3) is 3.86. The second-order valence-electron chi connectivity index (χ2n) is 4.81. The molecule has 0 aliphatic carbocycles. The average molecular weight is 361 g/mol. The molecule has 1 fully saturated rings. The van der Waals surface area contributed by atoms with Gasteiger partial charge >= 0.3 is 16.4 Å². The molecule has 0 bridgehead atoms. The van der Waals surface area contributed by atoms with Crippen molar-refractivity contribution in [3.8, 4) is 0 Å². The minimum Gasteiger partial charge on any atom is -0.295 e. The van der Waals surface area contributed by atoms with E-state index in [1.54, 1.807) is 0 Å². The molecule has 122 valence electrons. The van der Waals surface area contributed by atoms with E-state index in [1.807, 2.05) is 0 Å². The zero-order chi connectivity index (χ0) is 16.7. The van der Waals surface area contributed by atoms with Crippen LogP contribution in [0.5, 0.6) is 0 Å². The van der Waals surface area contributed by atoms with E-state index in [2.05, 4.69) is 4.98 Å². The van der Waals surface area contributed by atoms with Crippen LogP contribution in [0.1, 0.15) is 12.0 Å². The summed E-state index contributed by atoms with van der Waals surface area (Å²) in [5.41, 5.74) is -1.07. The van der Waals surface area contributed by atoms with Crippen LogP contribution < -0.4 is 4.90 Å². The van der Waals surface area contributed by atoms with E-state index in [0.29, 0.717) is 12.3 Å². The number of amides is 1. The highest BCUT2D eigenvalue weighted by molar-refractivity contribution is 7.86. The molecule has 11 heteroatoms. The van der Waals surface area contributed by atoms with Crippen LogP contribution in [0, 0.1) is 5.92 Å². The number of hydrogen-bond acceptors (Lipinski definition) is 4. The Bertz CT molecular complexity index is 708. The fourth-order valence-electron chi connectivity index (χ4n) is 2.16. The molecule has 5 nitrogen and oxygen atoms in total. The van der Waals surface area contributed by atoms with Crippen molar-refractivity contribution in [3.63, 3.8) is 0 Å². The van der Waals surface area contributed by atoms with Crippen molar-refractivity contribution < 1.29 is 30.3 Å². The first-order valence-electron chi connectivity index (χ1n) is 5.93. The average Bonchev–Trinajstić information content (AvgIpc) is 2.66. The van der Waals surface area contributed by atoms with Gasteiger partial charge in [0, 0.05) is 25.1 Å². The third-order valence-corrected chi connectivity index (χ3v) is 4.19. The van der Waals surface area contributed by atoms with Gasteiger partial charge in [0.05, 0.1) is 16.3 Å². The Hall–Kier alpha value is -1.42. The minimum atomic E-state index is -4.75. The largest absolute Gasteiger partial charge is 0.417 e. The predicted octanol–water partition coefficient (Wildman–Crippen LogP) is 2.41. The Balaban J connectivity index is 2.24. The van der Waals surface area contributed by atoms with E-state index in [0.717, 1.165) is 4.90 Å². The molecule has 1 atom stereocenters. The Morgan fingerprint density at radius 2 is 2.05 bits per heavy atom. The van der Waals surface area contributed by atoms with Gasteiger partial charge in [-0.3, -0.25) is 9.69 Å². The van der Waals surface area contributed by atoms with Gasteiger partial charge in [-0.1, -0.05) is 11.6 Å². The molecular weight excluding hydrogens is 352 g/mol. The molecular formula is C11H9ClF4N2O3S. The molecule has 0 radical (unpaired) electrons. The molecule has 0 N–H and O–H groups in total. The van der Waals surface area contributed by atoms with E-state index in [1.165, 1.54) is 0 Å². The zero-order valence-electron chi connectivity index (χ0n) is 10.8. The third-order valence-electron chi connectivity index (χ3n) is 3.04. The summed E-state index contributed by atoms with van der Waals surface area (Å²) >= 11 is 5.71. The highest BCUT2D eigenvalue weighted by Gasteiger charge is 2.37. The molecule has 0 aromatic carbocycles. The lowest BCUT2D eigenvalue weighted by atomic mass is 10.1. The minimum absolute atomic E-state index is 0.180. The van der Waals surface area contributed by atoms with E-state index < -0.39 is 44.6 Å². The van der Waals surface area contributed by atoms with Crippen LogP contribution >= 0.6 is 11.6 Å². The van der Waals surface area contributed by atoms with Gasteiger partial charge in [-0.2, -0.15) is 21.6 Å². The maximum atomic E-state index is 12.6. The number of hydrogen-bond donors (Lipinski definition) is 0. The van der Waals surface area contributed by atoms with Crippen molar-refractivity contribution in [1.82, 2.24) is 4.98 Å². The summed E-state index contributed by atoms with van der Waals surface area (Å²) in [5.74, 6) is -2.43. The monoisotopic (exact) mass is 360 g/mol. The van der Waals surface area contributed by atoms with Gasteiger partial charge < -0.3 is 0 Å². The molecule has 0 spiro atoms. The molecule has 1 amide bonds. The van der Waals surface area contributed by atoms with Gasteiger partial charge in [0.25, 0.3) is 0 Å². The van der Waals surface area contributed by atoms with Crippen molar-refractivity contribution >= 4 is 33.5 Å². The maximum Gasteiger partial charge on any atom is 0.417 e. The predicted molar refractivity (Wildman–Crippen MR) is 69.6 cm³/mol. The Morgan fingerprint density at radius 3 is 2.55 bits per heavy atom. The van der Waals surface area contributed by atoms with Gasteiger partial charge in [0.15, 0.2) is 5.82 Å². The smallest absolute Gasteiger partial charge is 0.295 e. The fourth-order valence-corrected chi connectivity index (χ4v) is 3.22. The van der Waals surface area contributed by atoms with Crippen LogP contribution in [0.15, 0.2) is 12.3 Å². The van der Waals surface area contributed by atoms with Crippen molar-refractivity contribution in [2.24, 2.45) is 5.92 Å². The van der Waals surface area contributed by atoms with Crippen LogP contribution in [0.3, 0.4) is 0 Å². The summed E-state index contributed by atoms with van der Waals surface area (Å²) in [5, 5.41) is -0.396. The van der Waals surface area contributed by atoms with Crippen LogP contribution in [-0.2, 0) is 21.2 Å². The van der Waals surface area contributed by atoms with Gasteiger partial charge in [0.2, 0.25) is 5.91 Å². The lowest BCUT2D eigenvalue weighted by Gasteiger charge is -2.17. The number of pyridine rings is 1. The van der Waals surface area contributed by atoms with Crippen molar-refractivity contribution in [3.05, 3.63) is 22.8 Å². The molecule has 2 rings (SSSR count). The number of aromatic nitrogens is 1. The SMILES string of the molecule is O=C1CC(CS(=O)(=O)F)CN1c1ncc(C(F)(F)F)cc1Cl. The lowest BCUT2D eigenvalue weighted by Crippen LogP contribution is -2.27. The van der Waals surface area contributed by atoms with Crippen LogP contribution in [-0.4, -0.2) is 31.6 Å². The van der Waals surface area contributed by atoms with Gasteiger partial charge in [-0.15, -0.1) is 3.89 Å². The second-order valence-corrected chi connectivity index (χ2v) is 6.63. The van der Waals surface area contributed by atoms with Crippen LogP contribution in [0.2, 0.25) is 5.02 Å². The molecule has 22 heavy (non-hydrogen) atoms. The summed E-state index contributed by atoms with van der Waals surface area (Å²) in [6.07, 6.45) is -4.36. The standard InChI is InChI=1S/C11H9ClF4N2O3S/c12-8-2-7(11(13,14)15)3-17-10(8)18-4-6(1-9(18)19)5-22(16,20)21/h2-3,6H,1,4-5H2. The summed E-state index contributed by atoms with van der Waals surface area (Å²) in [6.45, 7) is -0.180. The molecule has 2 heterocycles. The Morgan fingerprint density at radius 1 is 1.41 bits per heavy atom. The number of alkyl halides is 3. The first-order chi connectivity index (χ1) is 9.97. The number of carbonyl (C=O) groups excluding carboxylic acids is 1. The zero-order valence-corrected chi connectivity index (χ0v) is 12.3. The maximum absolute atomic E-state index is 12.6. The van der Waals surface area contributed by atoms with Gasteiger partial charge in [-0.05, 0) is 6.07 Å². The Labute approximate surface area is 128 Å². The van der Waals surface area contributed by atoms with Gasteiger partial charge in [-0.25, -0.2) is 4.98 Å². The number of rotatable bonds is 3. The first-order valence-corrected chi connectivity index (χ1v) is 7.86. The second kappa shape index (κ2) is 5.65. The molecule has 1 aliphatic rings. The quantitative estimate of drug-likeness (QED) is 0.613. The summed E-state index contributed by atoms with van der Waals surface area (Å²) in [4.78, 5) is 16.3. The van der Waals surface area contributed by atoms with E-state index in [9.17, 15) is 30.3 Å². The number of nitrogens with zero attached hydrogens (tertiary/aromatic N) is 2. The lowest BCUT2D eigenvalue weighted by molar-refractivity contribution is -0.137. The highest BCUT2D eigenvalue weighted by Crippen LogP contribution is 2.35. The molecule has 1 aromatic heterocycles. The number of carbonyl (C=O) groups is 1. The van der Waals surface area contributed by atoms with Crippen molar-refractivity contribution in [1.29, 1.82) is 0 Å². The topological polar surface area (TPSA) is 67.3 Å². The van der Waals surface area contributed by atoms with Crippen molar-refractivity contribution in [2.45, 2.75) is 12.6 Å². The van der Waals surface area contributed by atoms with Crippen LogP contribution in [0.4, 0.5) is 22.9 Å². The number of anilines is 1. The first kappa shape index (κ1) is 16.9. The van der Waals surface area contributed by atoms with Crippen molar-refractivity contribution in [2.75, 3.05) is 17.2 Å². The summed E-state index contributed by atoms with van der Waals surface area (Å²) in [7, 11) is -4.75. The molecule has 1 aromatic rings. The molecule has 1 aliphatic heterocycles. The molecule has 0 saturated carbocycles. The van der Waals surface area contributed by atoms with E-state index >= 15 is 0 Å². The number of halogens is 5. The molecule has 1 saturated heterocycles. The van der Waals surface area contributed by atoms with E-state index in [-0.39, 0.29) is 18.8 Å². The highest BCUT2D eigenvalue weighted by atomic mass is 35.5. The van der Waals surface area contributed by atoms with Crippen LogP contribution in [0.25, 0.3) is 0 Å². The normalized spacial score (nSPS) is 19.8. The molecule has 1 unspecified atom stereocenters. The van der Waals surface area contributed by atoms with E-state index in [4.69, 9.17) is 11.6 Å². The van der Waals surface area contributed by atoms with Gasteiger partial charge in [0.1, 0.15) is 0 Å².